The molecule has 1 saturated heterocycles. The molecular weight excluding hydrogens is 427 g/mol. The van der Waals surface area contributed by atoms with Crippen LogP contribution in [-0.2, 0) is 4.74 Å². The summed E-state index contributed by atoms with van der Waals surface area (Å²) in [6.07, 6.45) is 1.59. The van der Waals surface area contributed by atoms with Crippen molar-refractivity contribution in [2.45, 2.75) is 38.8 Å². The number of nitrogens with one attached hydrogen (secondary N) is 1. The highest BCUT2D eigenvalue weighted by molar-refractivity contribution is 5.91. The van der Waals surface area contributed by atoms with E-state index in [1.54, 1.807) is 38.1 Å². The normalized spacial score (nSPS) is 16.5. The molecule has 9 heteroatoms. The van der Waals surface area contributed by atoms with Crippen LogP contribution in [0.4, 0.5) is 4.39 Å². The van der Waals surface area contributed by atoms with Crippen molar-refractivity contribution in [1.29, 1.82) is 0 Å². The maximum absolute atomic E-state index is 14.2. The van der Waals surface area contributed by atoms with Gasteiger partial charge in [-0.1, -0.05) is 36.4 Å². The molecule has 2 aromatic carbocycles. The molecule has 2 atom stereocenters. The molecule has 4 rings (SSSR count). The van der Waals surface area contributed by atoms with E-state index in [0.29, 0.717) is 17.7 Å². The number of rotatable bonds is 6. The average Bonchev–Trinajstić information content (AvgIpc) is 3.34. The molecule has 2 heterocycles. The number of hydrogen-bond acceptors (Lipinski definition) is 5. The van der Waals surface area contributed by atoms with Gasteiger partial charge in [-0.3, -0.25) is 9.59 Å². The lowest BCUT2D eigenvalue weighted by Gasteiger charge is -2.18. The zero-order chi connectivity index (χ0) is 23.5. The van der Waals surface area contributed by atoms with Gasteiger partial charge in [-0.05, 0) is 43.9 Å². The van der Waals surface area contributed by atoms with Crippen molar-refractivity contribution in [3.8, 4) is 5.69 Å². The Balaban J connectivity index is 1.83. The van der Waals surface area contributed by atoms with Crippen molar-refractivity contribution in [1.82, 2.24) is 19.7 Å². The van der Waals surface area contributed by atoms with Gasteiger partial charge in [-0.15, -0.1) is 0 Å². The maximum atomic E-state index is 14.2. The Morgan fingerprint density at radius 3 is 2.67 bits per heavy atom. The van der Waals surface area contributed by atoms with Crippen molar-refractivity contribution in [3.05, 3.63) is 92.0 Å². The lowest BCUT2D eigenvalue weighted by atomic mass is 10.1. The molecule has 0 spiro atoms. The lowest BCUT2D eigenvalue weighted by Crippen LogP contribution is -2.47. The molecule has 172 valence electrons. The number of benzene rings is 2. The second-order valence-corrected chi connectivity index (χ2v) is 8.08. The Labute approximate surface area is 189 Å². The van der Waals surface area contributed by atoms with Crippen molar-refractivity contribution in [2.24, 2.45) is 0 Å². The molecule has 1 aliphatic heterocycles. The van der Waals surface area contributed by atoms with Gasteiger partial charge in [0, 0.05) is 19.2 Å². The molecule has 1 amide bonds. The lowest BCUT2D eigenvalue weighted by molar-refractivity contribution is 0.0849. The summed E-state index contributed by atoms with van der Waals surface area (Å²) >= 11 is 0. The number of carbonyl (C=O) groups is 1. The smallest absolute Gasteiger partial charge is 0.352 e. The Morgan fingerprint density at radius 2 is 2.00 bits per heavy atom. The SMILES string of the molecule is Cc1ccc(-n2nc(C(=O)NCC3CCCO3)c(=O)n(C(C)c3ccccc3)c2=O)cc1F. The highest BCUT2D eigenvalue weighted by Gasteiger charge is 2.25. The summed E-state index contributed by atoms with van der Waals surface area (Å²) in [5, 5.41) is 6.72. The van der Waals surface area contributed by atoms with Gasteiger partial charge in [-0.25, -0.2) is 13.8 Å². The molecule has 1 aromatic heterocycles. The first-order valence-electron chi connectivity index (χ1n) is 10.8. The Kier molecular flexibility index (Phi) is 6.50. The van der Waals surface area contributed by atoms with Gasteiger partial charge in [0.1, 0.15) is 5.82 Å². The Morgan fingerprint density at radius 1 is 1.24 bits per heavy atom. The largest absolute Gasteiger partial charge is 0.376 e. The van der Waals surface area contributed by atoms with E-state index in [9.17, 15) is 18.8 Å². The molecule has 8 nitrogen and oxygen atoms in total. The number of ether oxygens (including phenoxy) is 1. The summed E-state index contributed by atoms with van der Waals surface area (Å²) in [6.45, 7) is 4.14. The number of hydrogen-bond donors (Lipinski definition) is 1. The fourth-order valence-electron chi connectivity index (χ4n) is 3.83. The Bertz CT molecular complexity index is 1280. The number of nitrogens with zero attached hydrogens (tertiary/aromatic N) is 3. The number of amides is 1. The molecule has 1 aliphatic rings. The number of halogens is 1. The summed E-state index contributed by atoms with van der Waals surface area (Å²) in [5.41, 5.74) is -0.815. The topological polar surface area (TPSA) is 95.2 Å². The van der Waals surface area contributed by atoms with Crippen LogP contribution in [-0.4, -0.2) is 39.5 Å². The molecule has 0 saturated carbocycles. The van der Waals surface area contributed by atoms with Crippen molar-refractivity contribution in [2.75, 3.05) is 13.2 Å². The van der Waals surface area contributed by atoms with E-state index in [2.05, 4.69) is 10.4 Å². The second-order valence-electron chi connectivity index (χ2n) is 8.08. The van der Waals surface area contributed by atoms with Gasteiger partial charge in [0.2, 0.25) is 5.69 Å². The summed E-state index contributed by atoms with van der Waals surface area (Å²) in [7, 11) is 0. The first kappa shape index (κ1) is 22.6. The van der Waals surface area contributed by atoms with E-state index in [1.807, 2.05) is 6.07 Å². The van der Waals surface area contributed by atoms with Crippen LogP contribution in [0.2, 0.25) is 0 Å². The maximum Gasteiger partial charge on any atom is 0.352 e. The van der Waals surface area contributed by atoms with E-state index in [-0.39, 0.29) is 18.3 Å². The molecule has 33 heavy (non-hydrogen) atoms. The molecule has 0 bridgehead atoms. The Hall–Kier alpha value is -3.59. The van der Waals surface area contributed by atoms with Crippen molar-refractivity contribution in [3.63, 3.8) is 0 Å². The number of aryl methyl sites for hydroxylation is 1. The predicted octanol–water partition coefficient (Wildman–Crippen LogP) is 2.36. The first-order chi connectivity index (χ1) is 15.9. The minimum Gasteiger partial charge on any atom is -0.376 e. The highest BCUT2D eigenvalue weighted by Crippen LogP contribution is 2.16. The predicted molar refractivity (Wildman–Crippen MR) is 120 cm³/mol. The van der Waals surface area contributed by atoms with Crippen LogP contribution in [0.3, 0.4) is 0 Å². The highest BCUT2D eigenvalue weighted by atomic mass is 19.1. The molecule has 2 unspecified atom stereocenters. The molecule has 3 aromatic rings. The summed E-state index contributed by atoms with van der Waals surface area (Å²) in [5.74, 6) is -1.25. The first-order valence-corrected chi connectivity index (χ1v) is 10.8. The monoisotopic (exact) mass is 452 g/mol. The van der Waals surface area contributed by atoms with Crippen LogP contribution in [0.25, 0.3) is 5.69 Å². The van der Waals surface area contributed by atoms with E-state index < -0.39 is 34.7 Å². The average molecular weight is 452 g/mol. The van der Waals surface area contributed by atoms with Crippen LogP contribution in [0, 0.1) is 12.7 Å². The minimum absolute atomic E-state index is 0.116. The van der Waals surface area contributed by atoms with Crippen LogP contribution in [0.5, 0.6) is 0 Å². The van der Waals surface area contributed by atoms with Crippen molar-refractivity contribution >= 4 is 5.91 Å². The van der Waals surface area contributed by atoms with E-state index >= 15 is 0 Å². The molecule has 1 N–H and O–H groups in total. The van der Waals surface area contributed by atoms with Crippen LogP contribution in [0.15, 0.2) is 58.1 Å². The number of aromatic nitrogens is 3. The van der Waals surface area contributed by atoms with Crippen LogP contribution >= 0.6 is 0 Å². The summed E-state index contributed by atoms with van der Waals surface area (Å²) < 4.78 is 21.6. The fourth-order valence-corrected chi connectivity index (χ4v) is 3.83. The summed E-state index contributed by atoms with van der Waals surface area (Å²) in [6, 6.07) is 12.5. The third-order valence-corrected chi connectivity index (χ3v) is 5.81. The fraction of sp³-hybridized carbons (Fsp3) is 0.333. The van der Waals surface area contributed by atoms with E-state index in [0.717, 1.165) is 28.2 Å². The van der Waals surface area contributed by atoms with Gasteiger partial charge in [0.15, 0.2) is 0 Å². The van der Waals surface area contributed by atoms with Crippen molar-refractivity contribution < 1.29 is 13.9 Å². The van der Waals surface area contributed by atoms with Gasteiger partial charge >= 0.3 is 5.69 Å². The molecule has 0 radical (unpaired) electrons. The van der Waals surface area contributed by atoms with Gasteiger partial charge in [0.05, 0.1) is 17.8 Å². The number of carbonyl (C=O) groups excluding carboxylic acids is 1. The third kappa shape index (κ3) is 4.63. The molecular formula is C24H25FN4O4. The summed E-state index contributed by atoms with van der Waals surface area (Å²) in [4.78, 5) is 39.5. The van der Waals surface area contributed by atoms with Gasteiger partial charge in [-0.2, -0.15) is 9.78 Å². The van der Waals surface area contributed by atoms with Crippen LogP contribution < -0.4 is 16.6 Å². The standard InChI is InChI=1S/C24H25FN4O4/c1-15-10-11-18(13-20(15)25)29-24(32)28(16(2)17-7-4-3-5-8-17)23(31)21(27-29)22(30)26-14-19-9-6-12-33-19/h3-5,7-8,10-11,13,16,19H,6,9,12,14H2,1-2H3,(H,26,30). The molecule has 1 fully saturated rings. The quantitative estimate of drug-likeness (QED) is 0.620. The zero-order valence-electron chi connectivity index (χ0n) is 18.5. The second kappa shape index (κ2) is 9.50. The minimum atomic E-state index is -0.815. The van der Waals surface area contributed by atoms with Crippen LogP contribution in [0.1, 0.15) is 47.4 Å². The van der Waals surface area contributed by atoms with Gasteiger partial charge in [0.25, 0.3) is 11.5 Å². The van der Waals surface area contributed by atoms with E-state index in [1.165, 1.54) is 12.1 Å². The third-order valence-electron chi connectivity index (χ3n) is 5.81. The van der Waals surface area contributed by atoms with Gasteiger partial charge < -0.3 is 10.1 Å². The molecule has 0 aliphatic carbocycles. The zero-order valence-corrected chi connectivity index (χ0v) is 18.5. The van der Waals surface area contributed by atoms with E-state index in [4.69, 9.17) is 4.74 Å².